The van der Waals surface area contributed by atoms with E-state index in [4.69, 9.17) is 5.10 Å². The third-order valence-electron chi connectivity index (χ3n) is 7.00. The van der Waals surface area contributed by atoms with Gasteiger partial charge in [0.2, 0.25) is 0 Å². The molecule has 1 saturated heterocycles. The van der Waals surface area contributed by atoms with Crippen LogP contribution in [0.4, 0.5) is 4.39 Å². The minimum absolute atomic E-state index is 0.0646. The van der Waals surface area contributed by atoms with Crippen LogP contribution >= 0.6 is 0 Å². The van der Waals surface area contributed by atoms with Crippen LogP contribution in [0.3, 0.4) is 0 Å². The quantitative estimate of drug-likeness (QED) is 0.435. The summed E-state index contributed by atoms with van der Waals surface area (Å²) in [5, 5.41) is 8.58. The molecule has 1 N–H and O–H groups in total. The van der Waals surface area contributed by atoms with E-state index < -0.39 is 21.2 Å². The summed E-state index contributed by atoms with van der Waals surface area (Å²) in [5.41, 5.74) is 3.22. The molecule has 4 aromatic rings. The Morgan fingerprint density at radius 3 is 2.67 bits per heavy atom. The van der Waals surface area contributed by atoms with Gasteiger partial charge in [0.25, 0.3) is 5.91 Å². The van der Waals surface area contributed by atoms with E-state index in [1.165, 1.54) is 24.5 Å². The number of hydrogen-bond acceptors (Lipinski definition) is 5. The Morgan fingerprint density at radius 1 is 1.14 bits per heavy atom. The number of nitrogens with zero attached hydrogens (tertiary/aromatic N) is 3. The zero-order valence-corrected chi connectivity index (χ0v) is 20.6. The van der Waals surface area contributed by atoms with E-state index in [1.54, 1.807) is 29.8 Å². The fourth-order valence-electron chi connectivity index (χ4n) is 4.95. The highest BCUT2D eigenvalue weighted by Gasteiger charge is 2.39. The second kappa shape index (κ2) is 8.23. The molecule has 0 radical (unpaired) electrons. The maximum atomic E-state index is 13.6. The third kappa shape index (κ3) is 4.28. The van der Waals surface area contributed by atoms with Gasteiger partial charge < -0.3 is 5.32 Å². The van der Waals surface area contributed by atoms with Gasteiger partial charge in [0, 0.05) is 16.5 Å². The Morgan fingerprint density at radius 2 is 1.97 bits per heavy atom. The van der Waals surface area contributed by atoms with Crippen molar-refractivity contribution in [2.24, 2.45) is 0 Å². The standard InChI is InChI=1S/C27H25FN4O3S/c1-27(11-12-36(34,35)16-27)30-26(33)20-7-9-22-23(14-20)32(24-10-8-21(28)15-29-24)31-25(22)19-4-2-3-18(13-19)17-5-6-17/h2-4,7-10,13-15,17H,5-6,11-12,16H2,1H3,(H,30,33)/t27-/m1/s1. The number of halogens is 1. The maximum Gasteiger partial charge on any atom is 0.251 e. The van der Waals surface area contributed by atoms with Crippen LogP contribution < -0.4 is 5.32 Å². The predicted octanol–water partition coefficient (Wildman–Crippen LogP) is 4.41. The average molecular weight is 505 g/mol. The minimum Gasteiger partial charge on any atom is -0.346 e. The van der Waals surface area contributed by atoms with Gasteiger partial charge >= 0.3 is 0 Å². The third-order valence-corrected chi connectivity index (χ3v) is 8.90. The number of nitrogens with one attached hydrogen (secondary N) is 1. The highest BCUT2D eigenvalue weighted by Crippen LogP contribution is 2.41. The van der Waals surface area contributed by atoms with Gasteiger partial charge in [0.1, 0.15) is 11.5 Å². The summed E-state index contributed by atoms with van der Waals surface area (Å²) < 4.78 is 39.1. The number of rotatable bonds is 5. The molecule has 0 bridgehead atoms. The molecule has 9 heteroatoms. The number of pyridine rings is 1. The van der Waals surface area contributed by atoms with Crippen LogP contribution in [0.15, 0.2) is 60.8 Å². The SMILES string of the molecule is C[C@@]1(NC(=O)c2ccc3c(-c4cccc(C5CC5)c4)nn(-c4ccc(F)cn4)c3c2)CCS(=O)(=O)C1. The molecule has 0 unspecified atom stereocenters. The summed E-state index contributed by atoms with van der Waals surface area (Å²) in [5.74, 6) is 0.202. The van der Waals surface area contributed by atoms with Gasteiger partial charge in [-0.1, -0.05) is 18.2 Å². The Kier molecular flexibility index (Phi) is 5.22. The van der Waals surface area contributed by atoms with E-state index in [9.17, 15) is 17.6 Å². The first kappa shape index (κ1) is 22.8. The van der Waals surface area contributed by atoms with Crippen molar-refractivity contribution < 1.29 is 17.6 Å². The summed E-state index contributed by atoms with van der Waals surface area (Å²) in [4.78, 5) is 17.4. The topological polar surface area (TPSA) is 93.9 Å². The van der Waals surface area contributed by atoms with Gasteiger partial charge in [-0.2, -0.15) is 5.10 Å². The Labute approximate surface area is 208 Å². The summed E-state index contributed by atoms with van der Waals surface area (Å²) in [6.07, 6.45) is 3.89. The lowest BCUT2D eigenvalue weighted by Crippen LogP contribution is -2.46. The van der Waals surface area contributed by atoms with Crippen molar-refractivity contribution in [1.82, 2.24) is 20.1 Å². The van der Waals surface area contributed by atoms with Crippen LogP contribution in [-0.4, -0.2) is 46.1 Å². The molecule has 0 spiro atoms. The number of carbonyl (C=O) groups excluding carboxylic acids is 1. The molecular formula is C27H25FN4O3S. The predicted molar refractivity (Wildman–Crippen MR) is 135 cm³/mol. The molecule has 2 aromatic heterocycles. The first-order valence-corrected chi connectivity index (χ1v) is 13.8. The largest absolute Gasteiger partial charge is 0.346 e. The highest BCUT2D eigenvalue weighted by atomic mass is 32.2. The summed E-state index contributed by atoms with van der Waals surface area (Å²) in [6.45, 7) is 1.76. The molecule has 2 aromatic carbocycles. The van der Waals surface area contributed by atoms with Gasteiger partial charge in [-0.05, 0) is 74.1 Å². The second-order valence-electron chi connectivity index (χ2n) is 10.1. The lowest BCUT2D eigenvalue weighted by molar-refractivity contribution is 0.0915. The van der Waals surface area contributed by atoms with E-state index in [0.29, 0.717) is 29.2 Å². The summed E-state index contributed by atoms with van der Waals surface area (Å²) >= 11 is 0. The lowest BCUT2D eigenvalue weighted by atomic mass is 10.00. The van der Waals surface area contributed by atoms with Crippen molar-refractivity contribution >= 4 is 26.6 Å². The van der Waals surface area contributed by atoms with Crippen LogP contribution in [0.2, 0.25) is 0 Å². The smallest absolute Gasteiger partial charge is 0.251 e. The van der Waals surface area contributed by atoms with Crippen LogP contribution in [0, 0.1) is 5.82 Å². The van der Waals surface area contributed by atoms with E-state index in [2.05, 4.69) is 22.4 Å². The number of amides is 1. The van der Waals surface area contributed by atoms with Gasteiger partial charge in [-0.15, -0.1) is 0 Å². The van der Waals surface area contributed by atoms with Gasteiger partial charge in [0.15, 0.2) is 15.7 Å². The molecule has 1 atom stereocenters. The van der Waals surface area contributed by atoms with E-state index in [0.717, 1.165) is 22.8 Å². The molecule has 1 aliphatic heterocycles. The Bertz CT molecular complexity index is 1610. The first-order chi connectivity index (χ1) is 17.2. The average Bonchev–Trinajstić information content (AvgIpc) is 3.58. The second-order valence-corrected chi connectivity index (χ2v) is 12.3. The fourth-order valence-corrected chi connectivity index (χ4v) is 7.04. The Balaban J connectivity index is 1.44. The van der Waals surface area contributed by atoms with Gasteiger partial charge in [0.05, 0.1) is 28.8 Å². The van der Waals surface area contributed by atoms with Crippen LogP contribution in [-0.2, 0) is 9.84 Å². The summed E-state index contributed by atoms with van der Waals surface area (Å²) in [7, 11) is -3.16. The van der Waals surface area contributed by atoms with Crippen LogP contribution in [0.5, 0.6) is 0 Å². The molecule has 184 valence electrons. The number of benzene rings is 2. The Hall–Kier alpha value is -3.59. The van der Waals surface area contributed by atoms with Crippen molar-refractivity contribution in [3.05, 3.63) is 77.7 Å². The molecule has 2 aliphatic rings. The van der Waals surface area contributed by atoms with Crippen molar-refractivity contribution in [3.8, 4) is 17.1 Å². The molecular weight excluding hydrogens is 479 g/mol. The zero-order valence-electron chi connectivity index (χ0n) is 19.7. The van der Waals surface area contributed by atoms with Crippen molar-refractivity contribution in [2.75, 3.05) is 11.5 Å². The minimum atomic E-state index is -3.16. The van der Waals surface area contributed by atoms with Crippen LogP contribution in [0.25, 0.3) is 28.0 Å². The van der Waals surface area contributed by atoms with Crippen molar-refractivity contribution in [2.45, 2.75) is 37.6 Å². The normalized spacial score (nSPS) is 21.1. The number of fused-ring (bicyclic) bond motifs is 1. The summed E-state index contributed by atoms with van der Waals surface area (Å²) in [6, 6.07) is 16.5. The number of hydrogen-bond donors (Lipinski definition) is 1. The molecule has 2 fully saturated rings. The fraction of sp³-hybridized carbons (Fsp3) is 0.296. The molecule has 1 saturated carbocycles. The first-order valence-electron chi connectivity index (χ1n) is 12.0. The van der Waals surface area contributed by atoms with Gasteiger partial charge in [-0.25, -0.2) is 22.5 Å². The number of aromatic nitrogens is 3. The highest BCUT2D eigenvalue weighted by molar-refractivity contribution is 7.91. The molecule has 3 heterocycles. The van der Waals surface area contributed by atoms with Gasteiger partial charge in [-0.3, -0.25) is 4.79 Å². The zero-order chi connectivity index (χ0) is 25.1. The molecule has 7 nitrogen and oxygen atoms in total. The number of sulfone groups is 1. The van der Waals surface area contributed by atoms with Crippen molar-refractivity contribution in [1.29, 1.82) is 0 Å². The molecule has 1 amide bonds. The molecule has 1 aliphatic carbocycles. The van der Waals surface area contributed by atoms with E-state index in [1.807, 2.05) is 18.2 Å². The molecule has 6 rings (SSSR count). The lowest BCUT2D eigenvalue weighted by Gasteiger charge is -2.23. The number of carbonyl (C=O) groups is 1. The maximum absolute atomic E-state index is 13.6. The monoisotopic (exact) mass is 504 g/mol. The van der Waals surface area contributed by atoms with Crippen LogP contribution in [0.1, 0.15) is 48.0 Å². The van der Waals surface area contributed by atoms with Crippen molar-refractivity contribution in [3.63, 3.8) is 0 Å². The molecule has 36 heavy (non-hydrogen) atoms. The van der Waals surface area contributed by atoms with E-state index in [-0.39, 0.29) is 17.4 Å². The van der Waals surface area contributed by atoms with E-state index >= 15 is 0 Å².